The number of piperidine rings is 1. The number of hydrogen-bond donors (Lipinski definition) is 3. The predicted octanol–water partition coefficient (Wildman–Crippen LogP) is 2.01. The number of nitrogens with one attached hydrogen (secondary N) is 1. The number of likely N-dealkylation sites (tertiary alicyclic amines) is 1. The summed E-state index contributed by atoms with van der Waals surface area (Å²) in [5.41, 5.74) is -2.11. The van der Waals surface area contributed by atoms with Crippen LogP contribution in [0.3, 0.4) is 0 Å². The number of ether oxygens (including phenoxy) is 4. The first-order chi connectivity index (χ1) is 29.7. The number of aromatic nitrogens is 1. The van der Waals surface area contributed by atoms with Crippen LogP contribution in [0.1, 0.15) is 64.1 Å². The summed E-state index contributed by atoms with van der Waals surface area (Å²) in [6.07, 6.45) is 9.18. The molecule has 1 spiro atoms. The molecule has 62 heavy (non-hydrogen) atoms. The zero-order chi connectivity index (χ0) is 44.1. The summed E-state index contributed by atoms with van der Waals surface area (Å²) in [6.45, 7) is 9.01. The number of carbonyl (C=O) groups is 4. The quantitative estimate of drug-likeness (QED) is 0.0839. The van der Waals surface area contributed by atoms with Gasteiger partial charge in [-0.15, -0.1) is 0 Å². The molecule has 332 valence electrons. The van der Waals surface area contributed by atoms with Gasteiger partial charge in [0.2, 0.25) is 12.0 Å². The summed E-state index contributed by atoms with van der Waals surface area (Å²) < 4.78 is 24.0. The zero-order valence-electron chi connectivity index (χ0n) is 36.6. The van der Waals surface area contributed by atoms with Crippen molar-refractivity contribution in [1.82, 2.24) is 19.7 Å². The highest BCUT2D eigenvalue weighted by atomic mass is 31.0. The third kappa shape index (κ3) is 5.76. The molecule has 1 saturated carbocycles. The third-order valence-electron chi connectivity index (χ3n) is 16.3. The number of nitrogens with zero attached hydrogens (tertiary/aromatic N) is 3. The van der Waals surface area contributed by atoms with Crippen LogP contribution in [0.5, 0.6) is 0 Å². The lowest BCUT2D eigenvalue weighted by Crippen LogP contribution is -2.80. The number of benzene rings is 1. The Morgan fingerprint density at radius 2 is 1.81 bits per heavy atom. The summed E-state index contributed by atoms with van der Waals surface area (Å²) in [4.78, 5) is 66.6. The van der Waals surface area contributed by atoms with E-state index in [9.17, 15) is 24.6 Å². The summed E-state index contributed by atoms with van der Waals surface area (Å²) in [6, 6.07) is 4.65. The highest BCUT2D eigenvalue weighted by Crippen LogP contribution is 2.70. The van der Waals surface area contributed by atoms with E-state index in [4.69, 9.17) is 18.9 Å². The van der Waals surface area contributed by atoms with Crippen molar-refractivity contribution in [2.24, 2.45) is 22.7 Å². The molecule has 9 rings (SSSR count). The molecule has 14 nitrogen and oxygen atoms in total. The molecule has 2 aromatic rings. The Balaban J connectivity index is 1.35. The van der Waals surface area contributed by atoms with Crippen LogP contribution < -0.4 is 5.46 Å². The second-order valence-corrected chi connectivity index (χ2v) is 19.4. The van der Waals surface area contributed by atoms with Crippen LogP contribution in [0.2, 0.25) is 0 Å². The van der Waals surface area contributed by atoms with Crippen LogP contribution in [-0.4, -0.2) is 151 Å². The smallest absolute Gasteiger partial charge is 0.344 e. The van der Waals surface area contributed by atoms with Crippen LogP contribution in [0, 0.1) is 22.7 Å². The molecule has 2 aliphatic carbocycles. The number of methoxy groups -OCH3 is 3. The molecule has 5 aliphatic heterocycles. The van der Waals surface area contributed by atoms with E-state index in [-0.39, 0.29) is 5.92 Å². The van der Waals surface area contributed by atoms with E-state index in [1.54, 1.807) is 7.11 Å². The zero-order valence-corrected chi connectivity index (χ0v) is 37.8. The Morgan fingerprint density at radius 1 is 1.03 bits per heavy atom. The summed E-state index contributed by atoms with van der Waals surface area (Å²) >= 11 is 0. The number of hydrogen-bond acceptors (Lipinski definition) is 12. The summed E-state index contributed by atoms with van der Waals surface area (Å²) in [5, 5.41) is 26.4. The Hall–Kier alpha value is -3.85. The fraction of sp³-hybridized carbons (Fsp3) is 0.609. The molecular weight excluding hydrogens is 810 g/mol. The van der Waals surface area contributed by atoms with Crippen molar-refractivity contribution in [3.05, 3.63) is 65.0 Å². The average Bonchev–Trinajstić information content (AvgIpc) is 3.95. The maximum Gasteiger partial charge on any atom is 0.344 e. The Bertz CT molecular complexity index is 2300. The highest BCUT2D eigenvalue weighted by molar-refractivity contribution is 7.58. The van der Waals surface area contributed by atoms with E-state index in [0.717, 1.165) is 40.2 Å². The van der Waals surface area contributed by atoms with Crippen molar-refractivity contribution in [2.75, 3.05) is 54.1 Å². The molecule has 13 atom stereocenters. The maximum atomic E-state index is 15.5. The fourth-order valence-electron chi connectivity index (χ4n) is 14.0. The molecule has 6 heterocycles. The van der Waals surface area contributed by atoms with Gasteiger partial charge in [0.15, 0.2) is 13.1 Å². The molecule has 3 N–H and O–H groups in total. The van der Waals surface area contributed by atoms with Crippen molar-refractivity contribution < 1.29 is 48.3 Å². The van der Waals surface area contributed by atoms with Crippen LogP contribution in [0.15, 0.2) is 53.8 Å². The number of carbonyl (C=O) groups excluding carboxylic acids is 4. The monoisotopic (exact) mass is 870 g/mol. The second kappa shape index (κ2) is 15.4. The summed E-state index contributed by atoms with van der Waals surface area (Å²) in [7, 11) is 7.00. The third-order valence-corrected chi connectivity index (χ3v) is 16.8. The van der Waals surface area contributed by atoms with Gasteiger partial charge in [0, 0.05) is 85.3 Å². The van der Waals surface area contributed by atoms with Crippen LogP contribution in [-0.2, 0) is 50.0 Å². The van der Waals surface area contributed by atoms with Gasteiger partial charge in [0.25, 0.3) is 0 Å². The van der Waals surface area contributed by atoms with Gasteiger partial charge in [-0.05, 0) is 74.3 Å². The van der Waals surface area contributed by atoms with Gasteiger partial charge in [0.1, 0.15) is 5.41 Å². The van der Waals surface area contributed by atoms with Crippen LogP contribution >= 0.6 is 9.12 Å². The summed E-state index contributed by atoms with van der Waals surface area (Å²) in [5.74, 6) is -3.00. The Morgan fingerprint density at radius 3 is 2.47 bits per heavy atom. The van der Waals surface area contributed by atoms with E-state index in [0.29, 0.717) is 83.4 Å². The van der Waals surface area contributed by atoms with Crippen LogP contribution in [0.4, 0.5) is 0 Å². The fourth-order valence-corrected chi connectivity index (χ4v) is 14.3. The van der Waals surface area contributed by atoms with E-state index in [1.807, 2.05) is 32.1 Å². The van der Waals surface area contributed by atoms with Gasteiger partial charge in [-0.3, -0.25) is 24.2 Å². The number of amides is 1. The van der Waals surface area contributed by atoms with E-state index >= 15 is 4.79 Å². The Labute approximate surface area is 365 Å². The van der Waals surface area contributed by atoms with Gasteiger partial charge in [0.05, 0.1) is 32.0 Å². The molecule has 3 saturated heterocycles. The van der Waals surface area contributed by atoms with Crippen molar-refractivity contribution >= 4 is 56.8 Å². The van der Waals surface area contributed by atoms with Crippen LogP contribution in [0.25, 0.3) is 10.9 Å². The SMILES string of the molecule is CC[C@]1(O)C[C@@H]2CN(CCc3c([nH]c4ccc(BP)cc34)[C@@](C(=O)OC)(C3C=C4C(=CC3OC)N(C=O)[C@H]3[C@@](O)(C(=O)OC)[C@H](OC(C)=O)[C@]5(CC)C=CCN6CC[C@]43[C@@H]65)C2)C1. The predicted molar refractivity (Wildman–Crippen MR) is 236 cm³/mol. The van der Waals surface area contributed by atoms with E-state index < -0.39 is 75.6 Å². The molecule has 2 bridgehead atoms. The number of H-pyrrole nitrogens is 1. The lowest BCUT2D eigenvalue weighted by atomic mass is 9.47. The first-order valence-electron chi connectivity index (χ1n) is 22.2. The lowest BCUT2D eigenvalue weighted by Gasteiger charge is -2.63. The number of rotatable bonds is 9. The Kier molecular flexibility index (Phi) is 10.8. The number of fused-ring (bicyclic) bond motifs is 6. The average molecular weight is 871 g/mol. The highest BCUT2D eigenvalue weighted by Gasteiger charge is 2.82. The van der Waals surface area contributed by atoms with Gasteiger partial charge in [-0.2, -0.15) is 9.12 Å². The number of aromatic amines is 1. The standard InChI is InChI=1S/C46H60BN4O10P/c1-7-42(56)21-27-22-45(40(54)59-5,36-29(12-16-49(23-27)24-42)30-18-28(47-62)10-11-33(30)48-36)32-19-31-34(20-35(32)58-4)51(25-52)38-44(31)14-17-50-15-9-13-43(8-2,37(44)50)39(61-26(3)53)46(38,57)41(55)60-6/h9-11,13,18-20,25,27,32,35,37-39,47-48,56-57H,7-8,12,14-17,21-24,62H2,1-6H3/t27-,32?,35?,37-,38+,39+,42-,43+,44+,45-,46-/m0/s1. The van der Waals surface area contributed by atoms with Gasteiger partial charge >= 0.3 is 17.9 Å². The van der Waals surface area contributed by atoms with Crippen molar-refractivity contribution in [3.63, 3.8) is 0 Å². The molecule has 7 aliphatic rings. The molecule has 16 heteroatoms. The van der Waals surface area contributed by atoms with Gasteiger partial charge in [-0.25, -0.2) is 4.79 Å². The molecule has 4 fully saturated rings. The minimum atomic E-state index is -2.52. The normalized spacial score (nSPS) is 39.4. The van der Waals surface area contributed by atoms with Crippen molar-refractivity contribution in [2.45, 2.75) is 100 Å². The maximum absolute atomic E-state index is 15.5. The lowest BCUT2D eigenvalue weighted by molar-refractivity contribution is -0.242. The number of esters is 3. The molecule has 4 unspecified atom stereocenters. The van der Waals surface area contributed by atoms with Gasteiger partial charge < -0.3 is 39.0 Å². The molecular formula is C46H60BN4O10P. The topological polar surface area (TPSA) is 171 Å². The molecule has 1 amide bonds. The molecule has 1 aromatic heterocycles. The molecule has 1 aromatic carbocycles. The van der Waals surface area contributed by atoms with E-state index in [2.05, 4.69) is 48.2 Å². The molecule has 0 radical (unpaired) electrons. The minimum absolute atomic E-state index is 0.128. The second-order valence-electron chi connectivity index (χ2n) is 19.0. The first kappa shape index (κ1) is 43.4. The van der Waals surface area contributed by atoms with Gasteiger partial charge in [-0.1, -0.05) is 49.7 Å². The largest absolute Gasteiger partial charge is 0.468 e. The first-order valence-corrected chi connectivity index (χ1v) is 23.0. The van der Waals surface area contributed by atoms with E-state index in [1.165, 1.54) is 26.0 Å². The van der Waals surface area contributed by atoms with Crippen molar-refractivity contribution in [3.8, 4) is 0 Å². The number of aliphatic hydroxyl groups is 2. The number of allylic oxidation sites excluding steroid dienone is 1. The minimum Gasteiger partial charge on any atom is -0.468 e. The van der Waals surface area contributed by atoms with Crippen molar-refractivity contribution in [1.29, 1.82) is 0 Å².